The molecule has 7 rings (SSSR count). The van der Waals surface area contributed by atoms with Gasteiger partial charge in [-0.1, -0.05) is 31.2 Å². The molecule has 3 aromatic heterocycles. The van der Waals surface area contributed by atoms with Gasteiger partial charge in [0.2, 0.25) is 11.8 Å². The fourth-order valence-electron chi connectivity index (χ4n) is 7.16. The van der Waals surface area contributed by atoms with Crippen LogP contribution in [-0.2, 0) is 15.3 Å². The number of fused-ring (bicyclic) bond motifs is 3. The van der Waals surface area contributed by atoms with Crippen molar-refractivity contribution in [3.63, 3.8) is 0 Å². The number of furan rings is 1. The Morgan fingerprint density at radius 3 is 2.57 bits per heavy atom. The molecule has 266 valence electrons. The number of anilines is 2. The van der Waals surface area contributed by atoms with Crippen LogP contribution in [0.2, 0.25) is 0 Å². The Balaban J connectivity index is 1.28. The third-order valence-electron chi connectivity index (χ3n) is 9.97. The molecule has 1 amide bonds. The van der Waals surface area contributed by atoms with Crippen molar-refractivity contribution in [2.45, 2.75) is 50.9 Å². The minimum Gasteiger partial charge on any atom is -0.480 e. The molecule has 0 spiro atoms. The number of para-hydroxylation sites is 1. The number of halogens is 3. The first-order valence-electron chi connectivity index (χ1n) is 16.7. The van der Waals surface area contributed by atoms with Gasteiger partial charge in [0, 0.05) is 75.7 Å². The average Bonchev–Trinajstić information content (AvgIpc) is 3.71. The summed E-state index contributed by atoms with van der Waals surface area (Å²) in [4.78, 5) is 42.5. The van der Waals surface area contributed by atoms with Crippen molar-refractivity contribution in [2.75, 3.05) is 43.5 Å². The first-order valence-corrected chi connectivity index (χ1v) is 16.7. The number of amides is 1. The van der Waals surface area contributed by atoms with Gasteiger partial charge in [-0.25, -0.2) is 32.9 Å². The molecule has 0 radical (unpaired) electrons. The minimum absolute atomic E-state index is 0.00287. The number of pyridine rings is 1. The zero-order valence-electron chi connectivity index (χ0n) is 28.5. The van der Waals surface area contributed by atoms with E-state index in [1.165, 1.54) is 11.8 Å². The summed E-state index contributed by atoms with van der Waals surface area (Å²) in [5, 5.41) is 10.8. The van der Waals surface area contributed by atoms with Crippen LogP contribution in [-0.4, -0.2) is 82.7 Å². The van der Waals surface area contributed by atoms with Crippen LogP contribution >= 0.6 is 0 Å². The molecule has 2 saturated heterocycles. The van der Waals surface area contributed by atoms with E-state index in [-0.39, 0.29) is 66.7 Å². The molecule has 4 atom stereocenters. The fraction of sp³-hybridized carbons (Fsp3) is 0.378. The van der Waals surface area contributed by atoms with E-state index in [0.29, 0.717) is 16.5 Å². The first kappa shape index (κ1) is 34.1. The highest BCUT2D eigenvalue weighted by molar-refractivity contribution is 6.06. The van der Waals surface area contributed by atoms with Gasteiger partial charge in [0.15, 0.2) is 17.2 Å². The number of carbonyl (C=O) groups is 2. The standard InChI is InChI=1S/C37H37F3N6O5/c1-20-18-45(21(2)47)13-12-37(20,40)27-15-23(22-8-7-9-24(14-22)44(3)4)17-41-35(27)50-25-16-28(36(48)49)46(19-25)34-31-30(42-33(43-34)32(38)39)26-10-5-6-11-29(26)51-31/h5-11,14-15,17,20,25,28,32H,12-13,16,18-19H2,1-4H3,(H,48,49)/t20-,25?,28-,37+/m0/s1. The number of hydrogen-bond acceptors (Lipinski definition) is 9. The van der Waals surface area contributed by atoms with Crippen LogP contribution in [0.15, 0.2) is 65.2 Å². The average molecular weight is 703 g/mol. The Bertz CT molecular complexity index is 2140. The fourth-order valence-corrected chi connectivity index (χ4v) is 7.16. The smallest absolute Gasteiger partial charge is 0.326 e. The van der Waals surface area contributed by atoms with Gasteiger partial charge in [0.25, 0.3) is 6.43 Å². The summed E-state index contributed by atoms with van der Waals surface area (Å²) in [7, 11) is 3.84. The second-order valence-electron chi connectivity index (χ2n) is 13.5. The lowest BCUT2D eigenvalue weighted by Crippen LogP contribution is -2.48. The maximum absolute atomic E-state index is 17.4. The van der Waals surface area contributed by atoms with Crippen molar-refractivity contribution in [3.8, 4) is 17.0 Å². The second kappa shape index (κ2) is 13.1. The molecule has 51 heavy (non-hydrogen) atoms. The molecule has 0 saturated carbocycles. The molecule has 2 aliphatic rings. The Labute approximate surface area is 291 Å². The normalized spacial score (nSPS) is 22.2. The lowest BCUT2D eigenvalue weighted by molar-refractivity contribution is -0.138. The molecule has 11 nitrogen and oxygen atoms in total. The Kier molecular flexibility index (Phi) is 8.72. The van der Waals surface area contributed by atoms with E-state index in [1.807, 2.05) is 43.3 Å². The maximum atomic E-state index is 17.4. The number of benzene rings is 2. The zero-order valence-corrected chi connectivity index (χ0v) is 28.5. The van der Waals surface area contributed by atoms with E-state index in [9.17, 15) is 23.5 Å². The molecule has 2 aliphatic heterocycles. The van der Waals surface area contributed by atoms with Crippen LogP contribution in [0.1, 0.15) is 44.5 Å². The van der Waals surface area contributed by atoms with E-state index in [1.54, 1.807) is 48.4 Å². The van der Waals surface area contributed by atoms with Crippen LogP contribution in [0.25, 0.3) is 33.2 Å². The third kappa shape index (κ3) is 6.16. The molecule has 0 bridgehead atoms. The highest BCUT2D eigenvalue weighted by atomic mass is 19.3. The van der Waals surface area contributed by atoms with Gasteiger partial charge in [-0.2, -0.15) is 0 Å². The number of ether oxygens (including phenoxy) is 1. The van der Waals surface area contributed by atoms with E-state index in [4.69, 9.17) is 9.15 Å². The molecular formula is C37H37F3N6O5. The van der Waals surface area contributed by atoms with Crippen LogP contribution in [0.4, 0.5) is 24.7 Å². The lowest BCUT2D eigenvalue weighted by atomic mass is 9.78. The van der Waals surface area contributed by atoms with Crippen LogP contribution < -0.4 is 14.5 Å². The molecule has 14 heteroatoms. The molecular weight excluding hydrogens is 665 g/mol. The van der Waals surface area contributed by atoms with Gasteiger partial charge in [0.05, 0.1) is 12.1 Å². The summed E-state index contributed by atoms with van der Waals surface area (Å²) in [5.41, 5.74) is 1.26. The van der Waals surface area contributed by atoms with E-state index < -0.39 is 42.0 Å². The Morgan fingerprint density at radius 1 is 1.08 bits per heavy atom. The SMILES string of the molecule is CC(=O)N1CC[C@](F)(c2cc(-c3cccc(N(C)C)c3)cnc2OC2C[C@@H](C(=O)O)N(c3nc(C(F)F)nc4c3oc3ccccc34)C2)[C@@H](C)C1. The summed E-state index contributed by atoms with van der Waals surface area (Å²) in [5.74, 6) is -2.85. The highest BCUT2D eigenvalue weighted by Gasteiger charge is 2.47. The first-order chi connectivity index (χ1) is 24.3. The monoisotopic (exact) mass is 702 g/mol. The van der Waals surface area contributed by atoms with Crippen molar-refractivity contribution >= 4 is 45.5 Å². The van der Waals surface area contributed by atoms with Crippen molar-refractivity contribution in [1.82, 2.24) is 19.9 Å². The highest BCUT2D eigenvalue weighted by Crippen LogP contribution is 2.46. The van der Waals surface area contributed by atoms with Gasteiger partial charge in [-0.3, -0.25) is 4.79 Å². The predicted molar refractivity (Wildman–Crippen MR) is 185 cm³/mol. The topological polar surface area (TPSA) is 125 Å². The number of aliphatic carboxylic acids is 1. The number of piperidine rings is 1. The maximum Gasteiger partial charge on any atom is 0.326 e. The summed E-state index contributed by atoms with van der Waals surface area (Å²) in [6, 6.07) is 15.0. The lowest BCUT2D eigenvalue weighted by Gasteiger charge is -2.41. The Hall–Kier alpha value is -5.40. The number of alkyl halides is 3. The number of rotatable bonds is 8. The van der Waals surface area contributed by atoms with Gasteiger partial charge >= 0.3 is 5.97 Å². The molecule has 0 aliphatic carbocycles. The second-order valence-corrected chi connectivity index (χ2v) is 13.5. The van der Waals surface area contributed by atoms with Crippen LogP contribution in [0, 0.1) is 5.92 Å². The molecule has 5 heterocycles. The number of likely N-dealkylation sites (tertiary alicyclic amines) is 1. The third-order valence-corrected chi connectivity index (χ3v) is 9.97. The number of nitrogens with zero attached hydrogens (tertiary/aromatic N) is 6. The summed E-state index contributed by atoms with van der Waals surface area (Å²) in [6.07, 6.45) is -2.36. The largest absolute Gasteiger partial charge is 0.480 e. The van der Waals surface area contributed by atoms with Crippen molar-refractivity contribution in [2.24, 2.45) is 5.92 Å². The van der Waals surface area contributed by atoms with E-state index >= 15 is 4.39 Å². The zero-order chi connectivity index (χ0) is 36.2. The molecule has 5 aromatic rings. The minimum atomic E-state index is -3.03. The summed E-state index contributed by atoms with van der Waals surface area (Å²) in [6.45, 7) is 3.49. The number of hydrogen-bond donors (Lipinski definition) is 1. The van der Waals surface area contributed by atoms with Crippen molar-refractivity contribution < 1.29 is 37.0 Å². The van der Waals surface area contributed by atoms with Crippen molar-refractivity contribution in [1.29, 1.82) is 0 Å². The Morgan fingerprint density at radius 2 is 1.86 bits per heavy atom. The van der Waals surface area contributed by atoms with Crippen LogP contribution in [0.5, 0.6) is 5.88 Å². The van der Waals surface area contributed by atoms with Gasteiger partial charge in [-0.15, -0.1) is 0 Å². The van der Waals surface area contributed by atoms with Gasteiger partial charge in [-0.05, 0) is 35.9 Å². The molecule has 2 aromatic carbocycles. The van der Waals surface area contributed by atoms with Gasteiger partial charge in [0.1, 0.15) is 28.9 Å². The number of carbonyl (C=O) groups excluding carboxylic acids is 1. The van der Waals surface area contributed by atoms with Gasteiger partial charge < -0.3 is 29.0 Å². The number of carboxylic acids is 1. The number of aromatic nitrogens is 3. The van der Waals surface area contributed by atoms with E-state index in [2.05, 4.69) is 15.0 Å². The van der Waals surface area contributed by atoms with Crippen molar-refractivity contribution in [3.05, 3.63) is 72.2 Å². The van der Waals surface area contributed by atoms with E-state index in [0.717, 1.165) is 11.3 Å². The molecule has 2 fully saturated rings. The van der Waals surface area contributed by atoms with Crippen LogP contribution in [0.3, 0.4) is 0 Å². The predicted octanol–water partition coefficient (Wildman–Crippen LogP) is 6.61. The summed E-state index contributed by atoms with van der Waals surface area (Å²) >= 11 is 0. The number of carboxylic acid groups (broad SMARTS) is 1. The quantitative estimate of drug-likeness (QED) is 0.189. The summed E-state index contributed by atoms with van der Waals surface area (Å²) < 4.78 is 58.0. The molecule has 1 unspecified atom stereocenters. The molecule has 1 N–H and O–H groups in total.